The van der Waals surface area contributed by atoms with Crippen molar-refractivity contribution in [1.29, 1.82) is 0 Å². The van der Waals surface area contributed by atoms with E-state index in [1.54, 1.807) is 24.3 Å². The molecule has 0 spiro atoms. The maximum Gasteiger partial charge on any atom is 0.255 e. The molecule has 1 fully saturated rings. The molecular weight excluding hydrogens is 294 g/mol. The molecule has 0 saturated heterocycles. The van der Waals surface area contributed by atoms with E-state index in [1.807, 2.05) is 0 Å². The number of benzene rings is 1. The Balaban J connectivity index is 2.05. The molecule has 2 rings (SSSR count). The van der Waals surface area contributed by atoms with Gasteiger partial charge in [-0.25, -0.2) is 0 Å². The lowest BCUT2D eigenvalue weighted by Crippen LogP contribution is -2.46. The highest BCUT2D eigenvalue weighted by molar-refractivity contribution is 5.97. The summed E-state index contributed by atoms with van der Waals surface area (Å²) < 4.78 is 5.31. The van der Waals surface area contributed by atoms with E-state index in [4.69, 9.17) is 16.2 Å². The largest absolute Gasteiger partial charge is 0.483 e. The highest BCUT2D eigenvalue weighted by atomic mass is 16.5. The fourth-order valence-electron chi connectivity index (χ4n) is 3.08. The zero-order chi connectivity index (χ0) is 16.7. The number of rotatable bonds is 7. The number of para-hydroxylation sites is 1. The van der Waals surface area contributed by atoms with Crippen molar-refractivity contribution in [2.45, 2.75) is 38.1 Å². The number of amides is 2. The molecule has 1 saturated carbocycles. The van der Waals surface area contributed by atoms with Gasteiger partial charge in [0.25, 0.3) is 11.8 Å². The molecule has 1 aliphatic rings. The lowest BCUT2D eigenvalue weighted by atomic mass is 9.84. The monoisotopic (exact) mass is 319 g/mol. The lowest BCUT2D eigenvalue weighted by molar-refractivity contribution is -0.119. The van der Waals surface area contributed by atoms with Crippen molar-refractivity contribution in [3.05, 3.63) is 29.8 Å². The molecule has 0 aliphatic heterocycles. The first kappa shape index (κ1) is 17.3. The Morgan fingerprint density at radius 2 is 1.91 bits per heavy atom. The number of primary amides is 1. The summed E-state index contributed by atoms with van der Waals surface area (Å²) in [5, 5.41) is 3.02. The average molecular weight is 319 g/mol. The molecular formula is C17H25N3O3. The molecule has 6 heteroatoms. The Labute approximate surface area is 136 Å². The van der Waals surface area contributed by atoms with Crippen LogP contribution in [0.1, 0.15) is 42.5 Å². The number of hydrogen-bond acceptors (Lipinski definition) is 4. The molecule has 0 aromatic heterocycles. The quantitative estimate of drug-likeness (QED) is 0.701. The van der Waals surface area contributed by atoms with Gasteiger partial charge in [-0.2, -0.15) is 0 Å². The summed E-state index contributed by atoms with van der Waals surface area (Å²) in [5.74, 6) is -0.0343. The van der Waals surface area contributed by atoms with E-state index in [0.717, 1.165) is 12.8 Å². The molecule has 1 aromatic rings. The number of nitrogens with one attached hydrogen (secondary N) is 1. The molecule has 2 amide bonds. The number of nitrogens with two attached hydrogens (primary N) is 2. The predicted octanol–water partition coefficient (Wildman–Crippen LogP) is 1.19. The van der Waals surface area contributed by atoms with Gasteiger partial charge in [0.2, 0.25) is 0 Å². The summed E-state index contributed by atoms with van der Waals surface area (Å²) in [6.07, 6.45) is 5.83. The van der Waals surface area contributed by atoms with Gasteiger partial charge in [0.1, 0.15) is 5.75 Å². The zero-order valence-corrected chi connectivity index (χ0v) is 13.3. The summed E-state index contributed by atoms with van der Waals surface area (Å²) in [7, 11) is 0. The van der Waals surface area contributed by atoms with E-state index >= 15 is 0 Å². The van der Waals surface area contributed by atoms with Crippen molar-refractivity contribution in [1.82, 2.24) is 5.32 Å². The Kier molecular flexibility index (Phi) is 6.40. The van der Waals surface area contributed by atoms with Gasteiger partial charge in [-0.15, -0.1) is 0 Å². The minimum Gasteiger partial charge on any atom is -0.483 e. The summed E-state index contributed by atoms with van der Waals surface area (Å²) in [4.78, 5) is 23.4. The number of carbonyl (C=O) groups excluding carboxylic acids is 2. The van der Waals surface area contributed by atoms with Gasteiger partial charge in [-0.1, -0.05) is 31.4 Å². The molecule has 1 aliphatic carbocycles. The van der Waals surface area contributed by atoms with Crippen molar-refractivity contribution >= 4 is 11.8 Å². The summed E-state index contributed by atoms with van der Waals surface area (Å²) >= 11 is 0. The first-order chi connectivity index (χ1) is 11.1. The van der Waals surface area contributed by atoms with Crippen LogP contribution in [0.4, 0.5) is 0 Å². The van der Waals surface area contributed by atoms with Crippen molar-refractivity contribution < 1.29 is 14.3 Å². The van der Waals surface area contributed by atoms with Gasteiger partial charge in [0, 0.05) is 12.6 Å². The van der Waals surface area contributed by atoms with E-state index in [1.165, 1.54) is 19.3 Å². The van der Waals surface area contributed by atoms with Crippen LogP contribution in [-0.2, 0) is 4.79 Å². The normalized spacial score (nSPS) is 16.6. The molecule has 0 radical (unpaired) electrons. The van der Waals surface area contributed by atoms with E-state index in [0.29, 0.717) is 23.8 Å². The molecule has 1 unspecified atom stereocenters. The Hall–Kier alpha value is -2.08. The first-order valence-corrected chi connectivity index (χ1v) is 8.13. The molecule has 0 bridgehead atoms. The average Bonchev–Trinajstić information content (AvgIpc) is 2.58. The minimum absolute atomic E-state index is 0.0352. The third-order valence-electron chi connectivity index (χ3n) is 4.29. The van der Waals surface area contributed by atoms with E-state index in [9.17, 15) is 9.59 Å². The topological polar surface area (TPSA) is 107 Å². The molecule has 5 N–H and O–H groups in total. The number of ether oxygens (including phenoxy) is 1. The Morgan fingerprint density at radius 3 is 2.57 bits per heavy atom. The Morgan fingerprint density at radius 1 is 1.22 bits per heavy atom. The van der Waals surface area contributed by atoms with Gasteiger partial charge in [-0.05, 0) is 30.9 Å². The first-order valence-electron chi connectivity index (χ1n) is 8.13. The summed E-state index contributed by atoms with van der Waals surface area (Å²) in [5.41, 5.74) is 11.3. The van der Waals surface area contributed by atoms with Crippen LogP contribution in [0.2, 0.25) is 0 Å². The fraction of sp³-hybridized carbons (Fsp3) is 0.529. The van der Waals surface area contributed by atoms with Crippen LogP contribution >= 0.6 is 0 Å². The van der Waals surface area contributed by atoms with Crippen molar-refractivity contribution in [3.8, 4) is 5.75 Å². The molecule has 6 nitrogen and oxygen atoms in total. The zero-order valence-electron chi connectivity index (χ0n) is 13.3. The second kappa shape index (κ2) is 8.53. The smallest absolute Gasteiger partial charge is 0.255 e. The van der Waals surface area contributed by atoms with Gasteiger partial charge >= 0.3 is 0 Å². The van der Waals surface area contributed by atoms with E-state index < -0.39 is 5.91 Å². The van der Waals surface area contributed by atoms with Crippen LogP contribution in [0.15, 0.2) is 24.3 Å². The third-order valence-corrected chi connectivity index (χ3v) is 4.29. The second-order valence-electron chi connectivity index (χ2n) is 5.96. The van der Waals surface area contributed by atoms with Crippen molar-refractivity contribution in [3.63, 3.8) is 0 Å². The molecule has 126 valence electrons. The van der Waals surface area contributed by atoms with Gasteiger partial charge in [0.15, 0.2) is 6.61 Å². The molecule has 23 heavy (non-hydrogen) atoms. The van der Waals surface area contributed by atoms with Crippen LogP contribution in [-0.4, -0.2) is 31.0 Å². The summed E-state index contributed by atoms with van der Waals surface area (Å²) in [6.45, 7) is 0.161. The van der Waals surface area contributed by atoms with Crippen LogP contribution in [0.25, 0.3) is 0 Å². The van der Waals surface area contributed by atoms with Crippen LogP contribution in [0.3, 0.4) is 0 Å². The van der Waals surface area contributed by atoms with Gasteiger partial charge in [-0.3, -0.25) is 9.59 Å². The maximum atomic E-state index is 12.6. The maximum absolute atomic E-state index is 12.6. The van der Waals surface area contributed by atoms with Crippen LogP contribution in [0, 0.1) is 5.92 Å². The highest BCUT2D eigenvalue weighted by Gasteiger charge is 2.25. The van der Waals surface area contributed by atoms with Crippen molar-refractivity contribution in [2.24, 2.45) is 17.4 Å². The lowest BCUT2D eigenvalue weighted by Gasteiger charge is -2.30. The molecule has 1 atom stereocenters. The Bertz CT molecular complexity index is 542. The van der Waals surface area contributed by atoms with Crippen LogP contribution < -0.4 is 21.5 Å². The predicted molar refractivity (Wildman–Crippen MR) is 88.0 cm³/mol. The van der Waals surface area contributed by atoms with Gasteiger partial charge in [0.05, 0.1) is 5.56 Å². The number of hydrogen-bond donors (Lipinski definition) is 3. The van der Waals surface area contributed by atoms with E-state index in [2.05, 4.69) is 5.32 Å². The standard InChI is InChI=1S/C17H25N3O3/c18-10-14(12-6-2-1-3-7-12)20-17(22)13-8-4-5-9-15(13)23-11-16(19)21/h4-5,8-9,12,14H,1-3,6-7,10-11,18H2,(H2,19,21)(H,20,22). The van der Waals surface area contributed by atoms with E-state index in [-0.39, 0.29) is 18.6 Å². The summed E-state index contributed by atoms with van der Waals surface area (Å²) in [6, 6.07) is 6.78. The number of carbonyl (C=O) groups is 2. The second-order valence-corrected chi connectivity index (χ2v) is 5.96. The SMILES string of the molecule is NCC(NC(=O)c1ccccc1OCC(N)=O)C1CCCCC1. The van der Waals surface area contributed by atoms with Gasteiger partial charge < -0.3 is 21.5 Å². The highest BCUT2D eigenvalue weighted by Crippen LogP contribution is 2.27. The minimum atomic E-state index is -0.581. The molecule has 0 heterocycles. The third kappa shape index (κ3) is 4.96. The molecule has 1 aromatic carbocycles. The fourth-order valence-corrected chi connectivity index (χ4v) is 3.08. The van der Waals surface area contributed by atoms with Crippen molar-refractivity contribution in [2.75, 3.05) is 13.2 Å². The van der Waals surface area contributed by atoms with Crippen LogP contribution in [0.5, 0.6) is 5.75 Å².